The average Bonchev–Trinajstić information content (AvgIpc) is 3.37. The molecule has 5 atom stereocenters. The number of hydrogen-bond acceptors (Lipinski definition) is 8. The van der Waals surface area contributed by atoms with E-state index in [1.807, 2.05) is 42.5 Å². The van der Waals surface area contributed by atoms with Crippen molar-refractivity contribution in [2.45, 2.75) is 23.2 Å². The number of nitriles is 1. The van der Waals surface area contributed by atoms with E-state index in [9.17, 15) is 15.5 Å². The molecule has 8 heteroatoms. The standard InChI is InChI=1S/C30H33N3O5/c1-3-32-18-26(36-2)25-20-38-30(23-11-9-21(17-31)10-12-23)27(22-7-5-4-6-8-22)24(28(34)29(25,30)35)19-33-13-15-37-16-14-33/h3-12,18,24,27-28,34-35H,1,13-16,19-20H2,2H3/b26-25-,32-18-/t24-,27-,28-,29+,30+/m1/s1. The van der Waals surface area contributed by atoms with Crippen LogP contribution in [-0.4, -0.2) is 79.6 Å². The molecule has 2 heterocycles. The summed E-state index contributed by atoms with van der Waals surface area (Å²) in [6, 6.07) is 19.1. The lowest BCUT2D eigenvalue weighted by atomic mass is 9.70. The van der Waals surface area contributed by atoms with Crippen molar-refractivity contribution in [3.8, 4) is 6.07 Å². The van der Waals surface area contributed by atoms with Gasteiger partial charge in [0.2, 0.25) is 0 Å². The first kappa shape index (κ1) is 26.3. The number of allylic oxidation sites excluding steroid dienone is 1. The second kappa shape index (κ2) is 10.8. The molecular weight excluding hydrogens is 482 g/mol. The Morgan fingerprint density at radius 2 is 1.92 bits per heavy atom. The summed E-state index contributed by atoms with van der Waals surface area (Å²) in [6.45, 7) is 6.95. The predicted octanol–water partition coefficient (Wildman–Crippen LogP) is 2.74. The monoisotopic (exact) mass is 515 g/mol. The molecule has 0 radical (unpaired) electrons. The zero-order chi connectivity index (χ0) is 26.8. The Morgan fingerprint density at radius 1 is 1.21 bits per heavy atom. The van der Waals surface area contributed by atoms with Gasteiger partial charge in [-0.25, -0.2) is 0 Å². The van der Waals surface area contributed by atoms with Crippen molar-refractivity contribution in [1.29, 1.82) is 5.26 Å². The molecule has 0 spiro atoms. The summed E-state index contributed by atoms with van der Waals surface area (Å²) in [7, 11) is 1.50. The van der Waals surface area contributed by atoms with Crippen molar-refractivity contribution in [2.75, 3.05) is 46.6 Å². The van der Waals surface area contributed by atoms with Gasteiger partial charge >= 0.3 is 0 Å². The van der Waals surface area contributed by atoms with Gasteiger partial charge in [0.15, 0.2) is 5.60 Å². The van der Waals surface area contributed by atoms with Crippen molar-refractivity contribution in [3.05, 3.63) is 95.4 Å². The van der Waals surface area contributed by atoms with Crippen molar-refractivity contribution < 1.29 is 24.4 Å². The first-order chi connectivity index (χ1) is 18.5. The number of fused-ring (bicyclic) bond motifs is 1. The largest absolute Gasteiger partial charge is 0.495 e. The van der Waals surface area contributed by atoms with Crippen molar-refractivity contribution in [3.63, 3.8) is 0 Å². The summed E-state index contributed by atoms with van der Waals surface area (Å²) < 4.78 is 17.9. The Labute approximate surface area is 223 Å². The zero-order valence-corrected chi connectivity index (χ0v) is 21.5. The van der Waals surface area contributed by atoms with Crippen LogP contribution in [0.5, 0.6) is 0 Å². The van der Waals surface area contributed by atoms with Crippen LogP contribution in [0.15, 0.2) is 83.7 Å². The fourth-order valence-corrected chi connectivity index (χ4v) is 6.49. The van der Waals surface area contributed by atoms with Crippen LogP contribution < -0.4 is 0 Å². The summed E-state index contributed by atoms with van der Waals surface area (Å²) in [5.41, 5.74) is -0.630. The van der Waals surface area contributed by atoms with Crippen molar-refractivity contribution in [2.24, 2.45) is 10.9 Å². The number of methoxy groups -OCH3 is 1. The van der Waals surface area contributed by atoms with Gasteiger partial charge in [0.1, 0.15) is 11.4 Å². The van der Waals surface area contributed by atoms with Gasteiger partial charge in [-0.2, -0.15) is 5.26 Å². The van der Waals surface area contributed by atoms with Crippen LogP contribution in [0.1, 0.15) is 22.6 Å². The molecule has 1 aliphatic carbocycles. The minimum atomic E-state index is -1.84. The van der Waals surface area contributed by atoms with Crippen LogP contribution >= 0.6 is 0 Å². The molecule has 3 aliphatic rings. The van der Waals surface area contributed by atoms with E-state index in [1.54, 1.807) is 12.1 Å². The molecule has 0 bridgehead atoms. The third-order valence-corrected chi connectivity index (χ3v) is 8.16. The molecule has 0 amide bonds. The number of aliphatic hydroxyl groups is 2. The molecule has 8 nitrogen and oxygen atoms in total. The lowest BCUT2D eigenvalue weighted by Gasteiger charge is -2.41. The number of nitrogens with zero attached hydrogens (tertiary/aromatic N) is 3. The Kier molecular flexibility index (Phi) is 7.48. The Bertz CT molecular complexity index is 1250. The second-order valence-corrected chi connectivity index (χ2v) is 9.90. The molecule has 38 heavy (non-hydrogen) atoms. The summed E-state index contributed by atoms with van der Waals surface area (Å²) in [4.78, 5) is 6.38. The molecule has 2 aliphatic heterocycles. The van der Waals surface area contributed by atoms with E-state index >= 15 is 0 Å². The molecule has 2 aromatic rings. The minimum absolute atomic E-state index is 0.0352. The van der Waals surface area contributed by atoms with Crippen LogP contribution in [0, 0.1) is 17.2 Å². The third kappa shape index (κ3) is 4.08. The first-order valence-electron chi connectivity index (χ1n) is 12.8. The number of benzene rings is 2. The van der Waals surface area contributed by atoms with Gasteiger partial charge in [-0.1, -0.05) is 49.0 Å². The summed E-state index contributed by atoms with van der Waals surface area (Å²) in [5.74, 6) is -0.479. The highest BCUT2D eigenvalue weighted by Crippen LogP contribution is 2.65. The van der Waals surface area contributed by atoms with E-state index in [2.05, 4.69) is 22.5 Å². The van der Waals surface area contributed by atoms with E-state index in [4.69, 9.17) is 14.2 Å². The van der Waals surface area contributed by atoms with Crippen LogP contribution in [0.25, 0.3) is 0 Å². The highest BCUT2D eigenvalue weighted by molar-refractivity contribution is 5.79. The number of aliphatic imine (C=N–C) groups is 1. The van der Waals surface area contributed by atoms with E-state index in [0.717, 1.165) is 18.7 Å². The molecule has 3 fully saturated rings. The van der Waals surface area contributed by atoms with Gasteiger partial charge in [-0.15, -0.1) is 0 Å². The zero-order valence-electron chi connectivity index (χ0n) is 21.5. The molecule has 1 saturated carbocycles. The molecule has 198 valence electrons. The van der Waals surface area contributed by atoms with Crippen LogP contribution in [0.3, 0.4) is 0 Å². The highest BCUT2D eigenvalue weighted by atomic mass is 16.5. The molecular formula is C30H33N3O5. The number of rotatable bonds is 7. The van der Waals surface area contributed by atoms with Crippen LogP contribution in [0.2, 0.25) is 0 Å². The quantitative estimate of drug-likeness (QED) is 0.431. The smallest absolute Gasteiger partial charge is 0.151 e. The first-order valence-corrected chi connectivity index (χ1v) is 12.8. The maximum atomic E-state index is 12.8. The summed E-state index contributed by atoms with van der Waals surface area (Å²) >= 11 is 0. The Morgan fingerprint density at radius 3 is 2.55 bits per heavy atom. The van der Waals surface area contributed by atoms with Gasteiger partial charge in [-0.05, 0) is 23.3 Å². The van der Waals surface area contributed by atoms with Gasteiger partial charge < -0.3 is 24.4 Å². The van der Waals surface area contributed by atoms with Gasteiger partial charge in [0.25, 0.3) is 0 Å². The van der Waals surface area contributed by atoms with Crippen molar-refractivity contribution in [1.82, 2.24) is 4.90 Å². The van der Waals surface area contributed by atoms with Gasteiger partial charge in [-0.3, -0.25) is 9.89 Å². The maximum absolute atomic E-state index is 12.8. The third-order valence-electron chi connectivity index (χ3n) is 8.16. The maximum Gasteiger partial charge on any atom is 0.151 e. The second-order valence-electron chi connectivity index (χ2n) is 9.90. The van der Waals surface area contributed by atoms with E-state index in [1.165, 1.54) is 19.5 Å². The number of hydrogen-bond donors (Lipinski definition) is 2. The van der Waals surface area contributed by atoms with Crippen LogP contribution in [-0.2, 0) is 19.8 Å². The lowest BCUT2D eigenvalue weighted by Crippen LogP contribution is -2.53. The van der Waals surface area contributed by atoms with E-state index in [0.29, 0.717) is 42.2 Å². The highest BCUT2D eigenvalue weighted by Gasteiger charge is 2.75. The van der Waals surface area contributed by atoms with E-state index in [-0.39, 0.29) is 12.5 Å². The molecule has 2 aromatic carbocycles. The minimum Gasteiger partial charge on any atom is -0.495 e. The SMILES string of the molecule is C=C/N=C\C(OC)=C1/CO[C@@]2(c3ccc(C#N)cc3)[C@H](c3ccccc3)[C@@H](CN3CCOCC3)[C@@H](O)[C@@]12O. The molecule has 0 aromatic heterocycles. The predicted molar refractivity (Wildman–Crippen MR) is 142 cm³/mol. The number of morpholine rings is 1. The molecule has 0 unspecified atom stereocenters. The average molecular weight is 516 g/mol. The summed E-state index contributed by atoms with van der Waals surface area (Å²) in [6.07, 6.45) is 1.68. The fourth-order valence-electron chi connectivity index (χ4n) is 6.49. The Balaban J connectivity index is 1.76. The van der Waals surface area contributed by atoms with Crippen LogP contribution in [0.4, 0.5) is 0 Å². The molecule has 2 N–H and O–H groups in total. The topological polar surface area (TPSA) is 108 Å². The molecule has 5 rings (SSSR count). The van der Waals surface area contributed by atoms with E-state index < -0.39 is 23.2 Å². The normalized spacial score (nSPS) is 32.6. The summed E-state index contributed by atoms with van der Waals surface area (Å²) in [5, 5.41) is 34.4. The van der Waals surface area contributed by atoms with Gasteiger partial charge in [0.05, 0.1) is 50.9 Å². The number of ether oxygens (including phenoxy) is 3. The fraction of sp³-hybridized carbons (Fsp3) is 0.400. The van der Waals surface area contributed by atoms with Gasteiger partial charge in [0, 0.05) is 43.2 Å². The lowest BCUT2D eigenvalue weighted by molar-refractivity contribution is -0.138. The molecule has 2 saturated heterocycles. The van der Waals surface area contributed by atoms with Crippen molar-refractivity contribution >= 4 is 6.21 Å². The Hall–Kier alpha value is -3.32. The number of aliphatic hydroxyl groups excluding tert-OH is 1.